The third kappa shape index (κ3) is 4.23. The van der Waals surface area contributed by atoms with E-state index in [0.717, 1.165) is 0 Å². The number of hydrogen-bond acceptors (Lipinski definition) is 1. The van der Waals surface area contributed by atoms with Crippen molar-refractivity contribution in [2.24, 2.45) is 4.99 Å². The topological polar surface area (TPSA) is 12.4 Å². The van der Waals surface area contributed by atoms with Crippen LogP contribution in [-0.2, 0) is 0 Å². The van der Waals surface area contributed by atoms with E-state index in [-0.39, 0.29) is 0 Å². The van der Waals surface area contributed by atoms with E-state index in [1.165, 1.54) is 0 Å². The molecule has 0 N–H and O–H groups in total. The molecule has 0 amide bonds. The van der Waals surface area contributed by atoms with Crippen LogP contribution in [0.15, 0.2) is 65.9 Å². The highest BCUT2D eigenvalue weighted by Crippen LogP contribution is 1.85. The van der Waals surface area contributed by atoms with E-state index in [2.05, 4.69) is 4.99 Å². The Bertz CT molecular complexity index is 174. The summed E-state index contributed by atoms with van der Waals surface area (Å²) in [7, 11) is 0. The number of rotatable bonds is 0. The highest BCUT2D eigenvalue weighted by atomic mass is 14.6. The Hall–Kier alpha value is -1.63. The maximum absolute atomic E-state index is 4.00. The van der Waals surface area contributed by atoms with Gasteiger partial charge in [0.05, 0.1) is 0 Å². The fourth-order valence-corrected chi connectivity index (χ4v) is 0.698. The molecule has 1 heterocycles. The maximum atomic E-state index is 4.00. The van der Waals surface area contributed by atoms with Crippen LogP contribution in [0, 0.1) is 0 Å². The zero-order chi connectivity index (χ0) is 8.49. The molecule has 1 aliphatic rings. The lowest BCUT2D eigenvalue weighted by molar-refractivity contribution is 1.59. The van der Waals surface area contributed by atoms with E-state index < -0.39 is 0 Å². The molecule has 0 atom stereocenters. The van der Waals surface area contributed by atoms with Crippen molar-refractivity contribution in [3.63, 3.8) is 0 Å². The Labute approximate surface area is 72.8 Å². The quantitative estimate of drug-likeness (QED) is 0.512. The summed E-state index contributed by atoms with van der Waals surface area (Å²) in [6.45, 7) is 0. The fraction of sp³-hybridized carbons (Fsp3) is 0. The van der Waals surface area contributed by atoms with Gasteiger partial charge in [-0.2, -0.15) is 0 Å². The number of nitrogens with zero attached hydrogens (tertiary/aromatic N) is 1. The standard InChI is InChI=1S/C11H11N/c1-2-4-6-8-10-12-11-9-7-5-3-1/h1-11H/b2-1-,3-1?,4-2?,5-3?,6-4-,7-5?,8-6?,9-7?,10-8-,11-9?,12-10?,12-11?. The summed E-state index contributed by atoms with van der Waals surface area (Å²) in [5, 5.41) is 0. The average molecular weight is 157 g/mol. The zero-order valence-corrected chi connectivity index (χ0v) is 6.80. The molecule has 1 nitrogen and oxygen atoms in total. The molecule has 0 saturated carbocycles. The Kier molecular flexibility index (Phi) is 4.31. The van der Waals surface area contributed by atoms with Gasteiger partial charge in [0.25, 0.3) is 0 Å². The van der Waals surface area contributed by atoms with Gasteiger partial charge in [0.15, 0.2) is 0 Å². The Morgan fingerprint density at radius 2 is 1.00 bits per heavy atom. The van der Waals surface area contributed by atoms with E-state index >= 15 is 0 Å². The first-order valence-electron chi connectivity index (χ1n) is 3.85. The molecule has 1 rings (SSSR count). The van der Waals surface area contributed by atoms with Gasteiger partial charge < -0.3 is 0 Å². The lowest BCUT2D eigenvalue weighted by Crippen LogP contribution is -1.61. The first kappa shape index (κ1) is 8.47. The molecule has 0 aromatic rings. The molecule has 0 radical (unpaired) electrons. The van der Waals surface area contributed by atoms with Crippen LogP contribution in [0.25, 0.3) is 0 Å². The summed E-state index contributed by atoms with van der Waals surface area (Å²) in [6.07, 6.45) is 21.0. The van der Waals surface area contributed by atoms with E-state index in [1.807, 2.05) is 54.7 Å². The number of allylic oxidation sites excluding steroid dienone is 9. The van der Waals surface area contributed by atoms with Gasteiger partial charge in [-0.25, -0.2) is 0 Å². The van der Waals surface area contributed by atoms with Crippen LogP contribution in [-0.4, -0.2) is 6.21 Å². The van der Waals surface area contributed by atoms with Gasteiger partial charge in [-0.05, 0) is 12.2 Å². The monoisotopic (exact) mass is 157 g/mol. The summed E-state index contributed by atoms with van der Waals surface area (Å²) >= 11 is 0. The van der Waals surface area contributed by atoms with E-state index in [4.69, 9.17) is 0 Å². The van der Waals surface area contributed by atoms with Crippen molar-refractivity contribution in [3.8, 4) is 0 Å². The summed E-state index contributed by atoms with van der Waals surface area (Å²) in [5.74, 6) is 0. The summed E-state index contributed by atoms with van der Waals surface area (Å²) in [5.41, 5.74) is 0. The smallest absolute Gasteiger partial charge is 0.0267 e. The molecule has 0 aromatic heterocycles. The van der Waals surface area contributed by atoms with Crippen molar-refractivity contribution in [2.75, 3.05) is 0 Å². The molecule has 60 valence electrons. The van der Waals surface area contributed by atoms with Crippen LogP contribution in [0.1, 0.15) is 0 Å². The molecule has 0 unspecified atom stereocenters. The molecule has 0 aliphatic carbocycles. The normalized spacial score (nSPS) is 24.0. The summed E-state index contributed by atoms with van der Waals surface area (Å²) in [6, 6.07) is 0. The van der Waals surface area contributed by atoms with Crippen molar-refractivity contribution in [3.05, 3.63) is 60.9 Å². The van der Waals surface area contributed by atoms with Crippen LogP contribution in [0.2, 0.25) is 0 Å². The molecule has 12 heavy (non-hydrogen) atoms. The Morgan fingerprint density at radius 3 is 1.67 bits per heavy atom. The molecule has 0 bridgehead atoms. The third-order valence-corrected chi connectivity index (χ3v) is 1.23. The van der Waals surface area contributed by atoms with Gasteiger partial charge in [-0.1, -0.05) is 42.5 Å². The second-order valence-electron chi connectivity index (χ2n) is 2.18. The Balaban J connectivity index is 2.67. The molecule has 0 spiro atoms. The van der Waals surface area contributed by atoms with E-state index in [0.29, 0.717) is 0 Å². The molecule has 0 fully saturated rings. The predicted octanol–water partition coefficient (Wildman–Crippen LogP) is 2.81. The lowest BCUT2D eigenvalue weighted by atomic mass is 10.3. The van der Waals surface area contributed by atoms with Crippen molar-refractivity contribution in [2.45, 2.75) is 0 Å². The maximum Gasteiger partial charge on any atom is 0.0267 e. The van der Waals surface area contributed by atoms with Crippen LogP contribution >= 0.6 is 0 Å². The van der Waals surface area contributed by atoms with Gasteiger partial charge in [0, 0.05) is 12.4 Å². The minimum Gasteiger partial charge on any atom is -0.265 e. The van der Waals surface area contributed by atoms with Gasteiger partial charge >= 0.3 is 0 Å². The molecule has 1 heteroatoms. The second kappa shape index (κ2) is 6.10. The predicted molar refractivity (Wildman–Crippen MR) is 54.2 cm³/mol. The first-order chi connectivity index (χ1) is 6.00. The minimum atomic E-state index is 1.75. The lowest BCUT2D eigenvalue weighted by Gasteiger charge is -1.77. The van der Waals surface area contributed by atoms with E-state index in [9.17, 15) is 0 Å². The van der Waals surface area contributed by atoms with Crippen LogP contribution in [0.3, 0.4) is 0 Å². The van der Waals surface area contributed by atoms with Crippen LogP contribution in [0.4, 0.5) is 0 Å². The first-order valence-corrected chi connectivity index (χ1v) is 3.85. The second-order valence-corrected chi connectivity index (χ2v) is 2.18. The van der Waals surface area contributed by atoms with E-state index in [1.54, 1.807) is 12.4 Å². The molecular formula is C11H11N. The molecule has 0 aromatic carbocycles. The zero-order valence-electron chi connectivity index (χ0n) is 6.80. The minimum absolute atomic E-state index is 1.75. The van der Waals surface area contributed by atoms with Gasteiger partial charge in [-0.15, -0.1) is 0 Å². The number of hydrogen-bond donors (Lipinski definition) is 0. The van der Waals surface area contributed by atoms with Crippen molar-refractivity contribution in [1.82, 2.24) is 0 Å². The molecular weight excluding hydrogens is 146 g/mol. The third-order valence-electron chi connectivity index (χ3n) is 1.23. The highest BCUT2D eigenvalue weighted by molar-refractivity contribution is 5.72. The number of aliphatic imine (C=N–C) groups is 1. The summed E-state index contributed by atoms with van der Waals surface area (Å²) in [4.78, 5) is 4.00. The van der Waals surface area contributed by atoms with Gasteiger partial charge in [0.2, 0.25) is 0 Å². The van der Waals surface area contributed by atoms with Crippen molar-refractivity contribution >= 4 is 6.21 Å². The van der Waals surface area contributed by atoms with Gasteiger partial charge in [0.1, 0.15) is 0 Å². The van der Waals surface area contributed by atoms with Crippen LogP contribution < -0.4 is 0 Å². The average Bonchev–Trinajstić information content (AvgIpc) is 2.05. The van der Waals surface area contributed by atoms with Crippen LogP contribution in [0.5, 0.6) is 0 Å². The van der Waals surface area contributed by atoms with Crippen molar-refractivity contribution in [1.29, 1.82) is 0 Å². The largest absolute Gasteiger partial charge is 0.265 e. The molecule has 1 aliphatic heterocycles. The Morgan fingerprint density at radius 1 is 0.500 bits per heavy atom. The SMILES string of the molecule is C1=CC=N\C=C/C=C\C=C/C=C1. The summed E-state index contributed by atoms with van der Waals surface area (Å²) < 4.78 is 0. The highest BCUT2D eigenvalue weighted by Gasteiger charge is 1.66. The van der Waals surface area contributed by atoms with Crippen molar-refractivity contribution < 1.29 is 0 Å². The fourth-order valence-electron chi connectivity index (χ4n) is 0.698. The molecule has 0 saturated heterocycles. The van der Waals surface area contributed by atoms with Gasteiger partial charge in [-0.3, -0.25) is 4.99 Å².